The molecular weight excluding hydrogens is 320 g/mol. The molecular formula is C18H28N4O3. The number of carbonyl (C=O) groups excluding carboxylic acids is 1. The molecule has 0 N–H and O–H groups in total. The van der Waals surface area contributed by atoms with Crippen molar-refractivity contribution in [2.45, 2.75) is 51.7 Å². The van der Waals surface area contributed by atoms with E-state index in [0.717, 1.165) is 37.4 Å². The molecule has 0 aliphatic carbocycles. The van der Waals surface area contributed by atoms with Crippen molar-refractivity contribution in [3.63, 3.8) is 0 Å². The van der Waals surface area contributed by atoms with Crippen LogP contribution in [0.15, 0.2) is 12.4 Å². The lowest BCUT2D eigenvalue weighted by molar-refractivity contribution is -0.0915. The number of hydrogen-bond donors (Lipinski definition) is 0. The molecule has 7 heteroatoms. The summed E-state index contributed by atoms with van der Waals surface area (Å²) in [5.74, 6) is 0.753. The zero-order chi connectivity index (χ0) is 18.1. The highest BCUT2D eigenvalue weighted by molar-refractivity contribution is 5.68. The fourth-order valence-corrected chi connectivity index (χ4v) is 3.29. The number of amides is 1. The van der Waals surface area contributed by atoms with E-state index in [4.69, 9.17) is 9.47 Å². The van der Waals surface area contributed by atoms with Gasteiger partial charge in [-0.25, -0.2) is 14.8 Å². The summed E-state index contributed by atoms with van der Waals surface area (Å²) in [7, 11) is 0. The van der Waals surface area contributed by atoms with E-state index in [9.17, 15) is 4.79 Å². The smallest absolute Gasteiger partial charge is 0.410 e. The summed E-state index contributed by atoms with van der Waals surface area (Å²) in [4.78, 5) is 25.1. The van der Waals surface area contributed by atoms with Crippen LogP contribution in [0.25, 0.3) is 0 Å². The first kappa shape index (κ1) is 17.9. The van der Waals surface area contributed by atoms with Crippen LogP contribution in [0.5, 0.6) is 0 Å². The Balaban J connectivity index is 1.60. The number of carbonyl (C=O) groups is 1. The van der Waals surface area contributed by atoms with Crippen LogP contribution in [0.4, 0.5) is 10.7 Å². The molecule has 3 heterocycles. The number of rotatable bonds is 1. The van der Waals surface area contributed by atoms with Gasteiger partial charge in [0.25, 0.3) is 0 Å². The molecule has 0 atom stereocenters. The Kier molecular flexibility index (Phi) is 4.86. The van der Waals surface area contributed by atoms with Gasteiger partial charge < -0.3 is 19.3 Å². The van der Waals surface area contributed by atoms with E-state index < -0.39 is 5.60 Å². The molecule has 25 heavy (non-hydrogen) atoms. The molecule has 1 aromatic heterocycles. The van der Waals surface area contributed by atoms with Crippen LogP contribution in [0, 0.1) is 6.92 Å². The molecule has 1 amide bonds. The van der Waals surface area contributed by atoms with Crippen LogP contribution < -0.4 is 4.90 Å². The summed E-state index contributed by atoms with van der Waals surface area (Å²) < 4.78 is 11.6. The highest BCUT2D eigenvalue weighted by Crippen LogP contribution is 2.31. The van der Waals surface area contributed by atoms with Crippen molar-refractivity contribution in [1.29, 1.82) is 0 Å². The molecule has 2 aliphatic rings. The third kappa shape index (κ3) is 4.39. The second-order valence-corrected chi connectivity index (χ2v) is 7.98. The van der Waals surface area contributed by atoms with E-state index in [1.54, 1.807) is 4.90 Å². The number of ether oxygens (including phenoxy) is 2. The molecule has 0 saturated carbocycles. The van der Waals surface area contributed by atoms with Crippen molar-refractivity contribution < 1.29 is 14.3 Å². The summed E-state index contributed by atoms with van der Waals surface area (Å²) >= 11 is 0. The van der Waals surface area contributed by atoms with Crippen molar-refractivity contribution in [2.75, 3.05) is 37.7 Å². The largest absolute Gasteiger partial charge is 0.444 e. The van der Waals surface area contributed by atoms with Gasteiger partial charge in [-0.15, -0.1) is 0 Å². The van der Waals surface area contributed by atoms with Crippen molar-refractivity contribution in [2.24, 2.45) is 0 Å². The molecule has 2 aliphatic heterocycles. The van der Waals surface area contributed by atoms with Crippen LogP contribution in [0.1, 0.15) is 39.2 Å². The number of piperidine rings is 1. The molecule has 2 saturated heterocycles. The number of nitrogens with zero attached hydrogens (tertiary/aromatic N) is 4. The Labute approximate surface area is 149 Å². The van der Waals surface area contributed by atoms with Crippen molar-refractivity contribution >= 4 is 12.0 Å². The summed E-state index contributed by atoms with van der Waals surface area (Å²) in [6.07, 6.45) is 5.05. The summed E-state index contributed by atoms with van der Waals surface area (Å²) in [6.45, 7) is 11.2. The zero-order valence-corrected chi connectivity index (χ0v) is 15.6. The van der Waals surface area contributed by atoms with Crippen LogP contribution in [0.2, 0.25) is 0 Å². The van der Waals surface area contributed by atoms with Crippen LogP contribution in [-0.2, 0) is 9.47 Å². The zero-order valence-electron chi connectivity index (χ0n) is 15.6. The summed E-state index contributed by atoms with van der Waals surface area (Å²) in [6, 6.07) is 0. The van der Waals surface area contributed by atoms with E-state index in [1.165, 1.54) is 0 Å². The standard InChI is InChI=1S/C18H28N4O3/c1-14-11-19-15(20-12-14)22-9-10-24-18(13-22)5-7-21(8-6-18)16(23)25-17(2,3)4/h11-12H,5-10,13H2,1-4H3. The van der Waals surface area contributed by atoms with Gasteiger partial charge in [0.1, 0.15) is 5.60 Å². The minimum absolute atomic E-state index is 0.231. The Morgan fingerprint density at radius 1 is 1.20 bits per heavy atom. The Hall–Kier alpha value is -1.89. The molecule has 7 nitrogen and oxygen atoms in total. The van der Waals surface area contributed by atoms with Gasteiger partial charge in [-0.1, -0.05) is 0 Å². The first-order chi connectivity index (χ1) is 11.8. The number of hydrogen-bond acceptors (Lipinski definition) is 6. The SMILES string of the molecule is Cc1cnc(N2CCOC3(CCN(C(=O)OC(C)(C)C)CC3)C2)nc1. The number of morpholine rings is 1. The topological polar surface area (TPSA) is 67.8 Å². The highest BCUT2D eigenvalue weighted by Gasteiger charge is 2.41. The molecule has 0 bridgehead atoms. The molecule has 0 radical (unpaired) electrons. The lowest BCUT2D eigenvalue weighted by Crippen LogP contribution is -2.58. The third-order valence-electron chi connectivity index (χ3n) is 4.62. The third-order valence-corrected chi connectivity index (χ3v) is 4.62. The second kappa shape index (κ2) is 6.78. The highest BCUT2D eigenvalue weighted by atomic mass is 16.6. The van der Waals surface area contributed by atoms with Crippen LogP contribution in [-0.4, -0.2) is 64.9 Å². The predicted octanol–water partition coefficient (Wildman–Crippen LogP) is 2.39. The lowest BCUT2D eigenvalue weighted by Gasteiger charge is -2.47. The maximum Gasteiger partial charge on any atom is 0.410 e. The minimum Gasteiger partial charge on any atom is -0.444 e. The van der Waals surface area contributed by atoms with Gasteiger partial charge >= 0.3 is 6.09 Å². The molecule has 138 valence electrons. The molecule has 0 unspecified atom stereocenters. The fourth-order valence-electron chi connectivity index (χ4n) is 3.29. The lowest BCUT2D eigenvalue weighted by atomic mass is 9.89. The number of anilines is 1. The maximum atomic E-state index is 12.2. The average Bonchev–Trinajstić information content (AvgIpc) is 2.54. The predicted molar refractivity (Wildman–Crippen MR) is 94.7 cm³/mol. The molecule has 2 fully saturated rings. The molecule has 1 aromatic rings. The quantitative estimate of drug-likeness (QED) is 0.776. The van der Waals surface area contributed by atoms with E-state index in [2.05, 4.69) is 14.9 Å². The molecule has 3 rings (SSSR count). The number of likely N-dealkylation sites (tertiary alicyclic amines) is 1. The van der Waals surface area contributed by atoms with Crippen molar-refractivity contribution in [1.82, 2.24) is 14.9 Å². The number of aryl methyl sites for hydroxylation is 1. The molecule has 1 spiro atoms. The van der Waals surface area contributed by atoms with Gasteiger partial charge in [0.15, 0.2) is 0 Å². The van der Waals surface area contributed by atoms with Gasteiger partial charge in [0, 0.05) is 32.0 Å². The van der Waals surface area contributed by atoms with Gasteiger partial charge in [-0.3, -0.25) is 0 Å². The van der Waals surface area contributed by atoms with Gasteiger partial charge in [-0.05, 0) is 46.1 Å². The average molecular weight is 348 g/mol. The van der Waals surface area contributed by atoms with Crippen molar-refractivity contribution in [3.8, 4) is 0 Å². The summed E-state index contributed by atoms with van der Waals surface area (Å²) in [5, 5.41) is 0. The normalized spacial score (nSPS) is 20.6. The molecule has 0 aromatic carbocycles. The van der Waals surface area contributed by atoms with Crippen molar-refractivity contribution in [3.05, 3.63) is 18.0 Å². The summed E-state index contributed by atoms with van der Waals surface area (Å²) in [5.41, 5.74) is 0.357. The Morgan fingerprint density at radius 2 is 1.84 bits per heavy atom. The minimum atomic E-state index is -0.465. The van der Waals surface area contributed by atoms with E-state index in [-0.39, 0.29) is 11.7 Å². The van der Waals surface area contributed by atoms with E-state index >= 15 is 0 Å². The number of aromatic nitrogens is 2. The van der Waals surface area contributed by atoms with Crippen LogP contribution in [0.3, 0.4) is 0 Å². The van der Waals surface area contributed by atoms with Gasteiger partial charge in [0.2, 0.25) is 5.95 Å². The second-order valence-electron chi connectivity index (χ2n) is 7.98. The fraction of sp³-hybridized carbons (Fsp3) is 0.722. The Morgan fingerprint density at radius 3 is 2.44 bits per heavy atom. The first-order valence-electron chi connectivity index (χ1n) is 8.92. The van der Waals surface area contributed by atoms with Gasteiger partial charge in [0.05, 0.1) is 18.8 Å². The Bertz CT molecular complexity index is 604. The maximum absolute atomic E-state index is 12.2. The van der Waals surface area contributed by atoms with E-state index in [0.29, 0.717) is 19.7 Å². The van der Waals surface area contributed by atoms with Crippen LogP contribution >= 0.6 is 0 Å². The monoisotopic (exact) mass is 348 g/mol. The van der Waals surface area contributed by atoms with E-state index in [1.807, 2.05) is 40.1 Å². The van der Waals surface area contributed by atoms with Gasteiger partial charge in [-0.2, -0.15) is 0 Å². The first-order valence-corrected chi connectivity index (χ1v) is 8.92.